The molecule has 336 valence electrons. The van der Waals surface area contributed by atoms with E-state index >= 15 is 4.39 Å². The minimum Gasteiger partial charge on any atom is -0.394 e. The maximum Gasteiger partial charge on any atom is 0.340 e. The highest BCUT2D eigenvalue weighted by Gasteiger charge is 2.46. The van der Waals surface area contributed by atoms with Crippen LogP contribution in [0.15, 0.2) is 40.9 Å². The monoisotopic (exact) mass is 912 g/mol. The van der Waals surface area contributed by atoms with E-state index in [1.54, 1.807) is 24.3 Å². The molecule has 6 rings (SSSR count). The molecule has 2 heterocycles. The second kappa shape index (κ2) is 21.3. The number of amides is 2. The quantitative estimate of drug-likeness (QED) is 0.0586. The number of hydrogen-bond donors (Lipinski definition) is 7. The van der Waals surface area contributed by atoms with Crippen molar-refractivity contribution in [3.05, 3.63) is 63.6 Å². The molecule has 2 aromatic carbocycles. The normalized spacial score (nSPS) is 20.7. The van der Waals surface area contributed by atoms with Crippen LogP contribution in [0.2, 0.25) is 10.0 Å². The summed E-state index contributed by atoms with van der Waals surface area (Å²) in [5.74, 6) is -0.527. The molecular formula is C42H55Cl2FN4O11S. The van der Waals surface area contributed by atoms with E-state index in [9.17, 15) is 38.4 Å². The van der Waals surface area contributed by atoms with Gasteiger partial charge in [0, 0.05) is 47.8 Å². The van der Waals surface area contributed by atoms with Crippen molar-refractivity contribution in [3.63, 3.8) is 0 Å². The molecule has 0 radical (unpaired) electrons. The van der Waals surface area contributed by atoms with Crippen LogP contribution in [0.4, 0.5) is 20.6 Å². The molecule has 0 spiro atoms. The van der Waals surface area contributed by atoms with Gasteiger partial charge in [-0.25, -0.2) is 12.8 Å². The molecule has 0 unspecified atom stereocenters. The lowest BCUT2D eigenvalue weighted by Crippen LogP contribution is -2.51. The maximum atomic E-state index is 15.5. The van der Waals surface area contributed by atoms with Crippen molar-refractivity contribution in [1.82, 2.24) is 10.5 Å². The van der Waals surface area contributed by atoms with E-state index in [-0.39, 0.29) is 42.7 Å². The van der Waals surface area contributed by atoms with E-state index in [1.165, 1.54) is 6.07 Å². The molecule has 3 aromatic rings. The highest BCUT2D eigenvalue weighted by atomic mass is 35.5. The lowest BCUT2D eigenvalue weighted by atomic mass is 10.0. The van der Waals surface area contributed by atoms with Crippen LogP contribution in [0.1, 0.15) is 94.3 Å². The minimum atomic E-state index is -4.12. The number of carbonyl (C=O) groups is 2. The molecular weight excluding hydrogens is 858 g/mol. The molecule has 1 aromatic heterocycles. The predicted octanol–water partition coefficient (Wildman–Crippen LogP) is 5.47. The van der Waals surface area contributed by atoms with Crippen LogP contribution >= 0.6 is 23.2 Å². The summed E-state index contributed by atoms with van der Waals surface area (Å²) in [5.41, 5.74) is 2.50. The largest absolute Gasteiger partial charge is 0.394 e. The van der Waals surface area contributed by atoms with E-state index in [0.29, 0.717) is 65.1 Å². The summed E-state index contributed by atoms with van der Waals surface area (Å²) >= 11 is 13.0. The Morgan fingerprint density at radius 2 is 1.62 bits per heavy atom. The van der Waals surface area contributed by atoms with Crippen LogP contribution in [0.3, 0.4) is 0 Å². The summed E-state index contributed by atoms with van der Waals surface area (Å²) < 4.78 is 53.2. The fraction of sp³-hybridized carbons (Fsp3) is 0.595. The first-order valence-corrected chi connectivity index (χ1v) is 23.4. The second-order valence-electron chi connectivity index (χ2n) is 16.3. The molecule has 2 amide bonds. The molecule has 2 aliphatic carbocycles. The van der Waals surface area contributed by atoms with Gasteiger partial charge in [0.2, 0.25) is 9.84 Å². The van der Waals surface area contributed by atoms with Gasteiger partial charge >= 0.3 is 5.24 Å². The number of anilines is 2. The lowest BCUT2D eigenvalue weighted by Gasteiger charge is -2.33. The van der Waals surface area contributed by atoms with Gasteiger partial charge in [-0.3, -0.25) is 9.59 Å². The zero-order valence-corrected chi connectivity index (χ0v) is 36.1. The molecule has 2 saturated carbocycles. The highest BCUT2D eigenvalue weighted by molar-refractivity contribution is 8.06. The lowest BCUT2D eigenvalue weighted by molar-refractivity contribution is -0.148. The van der Waals surface area contributed by atoms with Gasteiger partial charge in [-0.05, 0) is 68.9 Å². The van der Waals surface area contributed by atoms with Crippen molar-refractivity contribution >= 4 is 55.6 Å². The van der Waals surface area contributed by atoms with E-state index in [1.807, 2.05) is 4.90 Å². The Morgan fingerprint density at radius 1 is 0.951 bits per heavy atom. The third-order valence-corrected chi connectivity index (χ3v) is 14.0. The summed E-state index contributed by atoms with van der Waals surface area (Å²) in [7, 11) is -4.12. The number of hydrogen-bond acceptors (Lipinski definition) is 13. The Bertz CT molecular complexity index is 2070. The van der Waals surface area contributed by atoms with Crippen LogP contribution in [0.25, 0.3) is 11.3 Å². The third-order valence-electron chi connectivity index (χ3n) is 11.8. The van der Waals surface area contributed by atoms with Gasteiger partial charge in [0.1, 0.15) is 35.6 Å². The first-order chi connectivity index (χ1) is 29.2. The number of ether oxygens (including phenoxy) is 1. The topological polar surface area (TPSA) is 232 Å². The van der Waals surface area contributed by atoms with E-state index in [2.05, 4.69) is 15.8 Å². The van der Waals surface area contributed by atoms with Crippen molar-refractivity contribution in [3.8, 4) is 11.3 Å². The van der Waals surface area contributed by atoms with E-state index < -0.39 is 57.8 Å². The smallest absolute Gasteiger partial charge is 0.340 e. The molecule has 1 saturated heterocycles. The Hall–Kier alpha value is -3.39. The highest BCUT2D eigenvalue weighted by Crippen LogP contribution is 2.48. The SMILES string of the molecule is O=C(NCCCCCCCCCCS(=O)(=O)C(=O)Nc1ccc(N2C[C@@H]3C[C@H]2C[C@H]3OCc2c(-c3c(Cl)cccc3Cl)noc2C2CC2)c(F)c1)[C@H](O)[C@@H](O)[C@H](O)[C@H](O)CO. The first-order valence-electron chi connectivity index (χ1n) is 20.9. The van der Waals surface area contributed by atoms with Gasteiger partial charge in [0.25, 0.3) is 5.91 Å². The van der Waals surface area contributed by atoms with Crippen molar-refractivity contribution in [2.45, 2.75) is 126 Å². The summed E-state index contributed by atoms with van der Waals surface area (Å²) in [4.78, 5) is 26.7. The van der Waals surface area contributed by atoms with Crippen LogP contribution in [-0.4, -0.2) is 112 Å². The molecule has 1 aliphatic heterocycles. The number of rotatable bonds is 23. The van der Waals surface area contributed by atoms with Gasteiger partial charge in [-0.2, -0.15) is 0 Å². The maximum absolute atomic E-state index is 15.5. The van der Waals surface area contributed by atoms with Crippen LogP contribution in [0, 0.1) is 11.7 Å². The molecule has 2 bridgehead atoms. The van der Waals surface area contributed by atoms with Gasteiger partial charge in [-0.15, -0.1) is 0 Å². The number of aliphatic hydroxyl groups is 5. The van der Waals surface area contributed by atoms with Gasteiger partial charge in [0.05, 0.1) is 40.8 Å². The zero-order chi connectivity index (χ0) is 43.8. The number of carbonyl (C=O) groups excluding carboxylic acids is 2. The van der Waals surface area contributed by atoms with E-state index in [0.717, 1.165) is 68.8 Å². The van der Waals surface area contributed by atoms with Crippen LogP contribution in [-0.2, 0) is 26.0 Å². The second-order valence-corrected chi connectivity index (χ2v) is 19.1. The zero-order valence-electron chi connectivity index (χ0n) is 33.7. The molecule has 7 atom stereocenters. The van der Waals surface area contributed by atoms with Crippen molar-refractivity contribution < 1.29 is 57.2 Å². The van der Waals surface area contributed by atoms with Gasteiger partial charge < -0.3 is 50.3 Å². The number of piperidine rings is 1. The number of fused-ring (bicyclic) bond motifs is 2. The fourth-order valence-corrected chi connectivity index (χ4v) is 9.84. The number of aromatic nitrogens is 1. The number of benzene rings is 2. The standard InChI is InChI=1S/C42H55Cl2FN4O11S/c43-29-10-9-11-30(44)35(29)36-28(40(60-48-36)24-12-13-24)23-59-34-20-27-18-25(34)21-49(27)32-15-14-26(19-31(32)45)47-42(56)61(57,58)17-8-6-4-2-1-3-5-7-16-46-41(55)39(54)38(53)37(52)33(51)22-50/h9-11,14-15,19,24-25,27,33-34,37-39,50-54H,1-8,12-13,16-18,20-23H2,(H,46,55)(H,47,56)/t25-,27-,33+,34+,37+,38-,39+/m0/s1. The summed E-state index contributed by atoms with van der Waals surface area (Å²) in [6.45, 7) is 0.258. The summed E-state index contributed by atoms with van der Waals surface area (Å²) in [5, 5.41) is 56.4. The number of aliphatic hydroxyl groups excluding tert-OH is 5. The Labute approximate surface area is 364 Å². The molecule has 3 aliphatic rings. The number of nitrogens with one attached hydrogen (secondary N) is 2. The van der Waals surface area contributed by atoms with Gasteiger partial charge in [0.15, 0.2) is 6.10 Å². The first kappa shape index (κ1) is 47.1. The average Bonchev–Trinajstić information content (AvgIpc) is 3.69. The predicted molar refractivity (Wildman–Crippen MR) is 227 cm³/mol. The molecule has 3 fully saturated rings. The summed E-state index contributed by atoms with van der Waals surface area (Å²) in [6.07, 6.45) is 1.61. The average molecular weight is 914 g/mol. The summed E-state index contributed by atoms with van der Waals surface area (Å²) in [6, 6.07) is 9.58. The van der Waals surface area contributed by atoms with Crippen molar-refractivity contribution in [1.29, 1.82) is 0 Å². The molecule has 61 heavy (non-hydrogen) atoms. The Balaban J connectivity index is 0.869. The van der Waals surface area contributed by atoms with Crippen LogP contribution in [0.5, 0.6) is 0 Å². The molecule has 7 N–H and O–H groups in total. The number of halogens is 3. The Morgan fingerprint density at radius 3 is 2.25 bits per heavy atom. The fourth-order valence-electron chi connectivity index (χ4n) is 8.22. The molecule has 19 heteroatoms. The number of nitrogens with zero attached hydrogens (tertiary/aromatic N) is 2. The molecule has 15 nitrogen and oxygen atoms in total. The minimum absolute atomic E-state index is 0.0483. The third kappa shape index (κ3) is 11.8. The van der Waals surface area contributed by atoms with Gasteiger partial charge in [-0.1, -0.05) is 72.9 Å². The van der Waals surface area contributed by atoms with Crippen LogP contribution < -0.4 is 15.5 Å². The number of sulfone groups is 1. The van der Waals surface area contributed by atoms with E-state index in [4.69, 9.17) is 37.6 Å². The number of unbranched alkanes of at least 4 members (excludes halogenated alkanes) is 7. The Kier molecular flexibility index (Phi) is 16.5. The van der Waals surface area contributed by atoms with Crippen molar-refractivity contribution in [2.75, 3.05) is 35.7 Å². The van der Waals surface area contributed by atoms with Crippen molar-refractivity contribution in [2.24, 2.45) is 5.92 Å².